The van der Waals surface area contributed by atoms with Crippen molar-refractivity contribution in [3.63, 3.8) is 0 Å². The van der Waals surface area contributed by atoms with Crippen LogP contribution in [-0.4, -0.2) is 40.3 Å². The van der Waals surface area contributed by atoms with Crippen molar-refractivity contribution >= 4 is 17.0 Å². The topological polar surface area (TPSA) is 127 Å². The molecule has 0 bridgehead atoms. The van der Waals surface area contributed by atoms with Crippen LogP contribution in [0, 0.1) is 10.1 Å². The maximum absolute atomic E-state index is 12.4. The van der Waals surface area contributed by atoms with Crippen LogP contribution in [0.4, 0.5) is 18.9 Å². The third kappa shape index (κ3) is 8.12. The Kier molecular flexibility index (Phi) is 9.90. The maximum atomic E-state index is 12.4. The van der Waals surface area contributed by atoms with Gasteiger partial charge in [-0.2, -0.15) is 0 Å². The molecule has 0 amide bonds. The highest BCUT2D eigenvalue weighted by molar-refractivity contribution is 5.70. The molecule has 0 radical (unpaired) electrons. The third-order valence-electron chi connectivity index (χ3n) is 8.53. The Labute approximate surface area is 305 Å². The first-order valence-electron chi connectivity index (χ1n) is 16.5. The van der Waals surface area contributed by atoms with Gasteiger partial charge in [-0.15, -0.1) is 13.2 Å². The SMILES string of the molecule is O=[N+]([O-])c1ccc(-c2cn3cc(-c4cccc(CO)c4)ccc3n2)cc1.OCc1cccc(-c2ccc3nc(-c4cccc(OC(F)(F)F)c4)cn3c2)c1. The smallest absolute Gasteiger partial charge is 0.406 e. The van der Waals surface area contributed by atoms with E-state index in [0.29, 0.717) is 16.9 Å². The summed E-state index contributed by atoms with van der Waals surface area (Å²) in [5.74, 6) is -0.288. The van der Waals surface area contributed by atoms with Gasteiger partial charge in [0, 0.05) is 48.0 Å². The molecule has 8 rings (SSSR count). The number of fused-ring (bicyclic) bond motifs is 2. The molecule has 4 aromatic heterocycles. The number of benzene rings is 4. The lowest BCUT2D eigenvalue weighted by Gasteiger charge is -2.09. The number of ether oxygens (including phenoxy) is 1. The number of nitro benzene ring substituents is 1. The number of aliphatic hydroxyl groups excluding tert-OH is 2. The minimum absolute atomic E-state index is 0.00541. The second kappa shape index (κ2) is 15.0. The Morgan fingerprint density at radius 2 is 1.07 bits per heavy atom. The van der Waals surface area contributed by atoms with E-state index in [0.717, 1.165) is 50.3 Å². The number of hydrogen-bond acceptors (Lipinski definition) is 7. The first-order valence-corrected chi connectivity index (χ1v) is 16.5. The van der Waals surface area contributed by atoms with E-state index < -0.39 is 11.3 Å². The first-order chi connectivity index (χ1) is 26.0. The molecule has 0 atom stereocenters. The average molecular weight is 730 g/mol. The fraction of sp³-hybridized carbons (Fsp3) is 0.0732. The van der Waals surface area contributed by atoms with Gasteiger partial charge < -0.3 is 23.8 Å². The lowest BCUT2D eigenvalue weighted by molar-refractivity contribution is -0.384. The molecule has 2 N–H and O–H groups in total. The van der Waals surface area contributed by atoms with E-state index in [1.54, 1.807) is 24.4 Å². The number of alkyl halides is 3. The standard InChI is InChI=1S/C21H15F3N2O2.C20H15N3O3/c22-21(23,24)28-18-6-2-5-16(10-18)19-12-26-11-17(7-8-20(26)25-19)15-4-1-3-14(9-15)13-27;24-13-14-2-1-3-16(10-14)17-6-9-20-21-19(12-22(20)11-17)15-4-7-18(8-5-15)23(25)26/h1-12,27H,13H2;1-12,24H,13H2. The van der Waals surface area contributed by atoms with Crippen molar-refractivity contribution < 1.29 is 33.0 Å². The first kappa shape index (κ1) is 35.6. The Morgan fingerprint density at radius 3 is 1.57 bits per heavy atom. The van der Waals surface area contributed by atoms with E-state index in [9.17, 15) is 33.5 Å². The monoisotopic (exact) mass is 729 g/mol. The minimum Gasteiger partial charge on any atom is -0.406 e. The van der Waals surface area contributed by atoms with Crippen LogP contribution in [0.3, 0.4) is 0 Å². The normalized spacial score (nSPS) is 11.4. The van der Waals surface area contributed by atoms with E-state index in [1.165, 1.54) is 30.3 Å². The molecule has 0 aliphatic heterocycles. The van der Waals surface area contributed by atoms with Gasteiger partial charge in [-0.1, -0.05) is 48.5 Å². The van der Waals surface area contributed by atoms with E-state index in [-0.39, 0.29) is 24.7 Å². The van der Waals surface area contributed by atoms with Crippen LogP contribution in [-0.2, 0) is 13.2 Å². The Balaban J connectivity index is 0.000000167. The summed E-state index contributed by atoms with van der Waals surface area (Å²) >= 11 is 0. The Bertz CT molecular complexity index is 2600. The van der Waals surface area contributed by atoms with Gasteiger partial charge in [-0.3, -0.25) is 10.1 Å². The summed E-state index contributed by atoms with van der Waals surface area (Å²) in [5, 5.41) is 29.4. The van der Waals surface area contributed by atoms with Gasteiger partial charge in [0.2, 0.25) is 0 Å². The lowest BCUT2D eigenvalue weighted by atomic mass is 10.1. The molecule has 0 saturated carbocycles. The number of nitrogens with zero attached hydrogens (tertiary/aromatic N) is 5. The zero-order valence-electron chi connectivity index (χ0n) is 28.3. The second-order valence-electron chi connectivity index (χ2n) is 12.2. The van der Waals surface area contributed by atoms with Crippen molar-refractivity contribution in [2.24, 2.45) is 0 Å². The minimum atomic E-state index is -4.74. The van der Waals surface area contributed by atoms with Crippen LogP contribution in [0.15, 0.2) is 146 Å². The number of hydrogen-bond donors (Lipinski definition) is 2. The molecule has 8 aromatic rings. The highest BCUT2D eigenvalue weighted by Gasteiger charge is 2.31. The molecule has 0 unspecified atom stereocenters. The highest BCUT2D eigenvalue weighted by atomic mass is 19.4. The van der Waals surface area contributed by atoms with Crippen molar-refractivity contribution in [2.45, 2.75) is 19.6 Å². The highest BCUT2D eigenvalue weighted by Crippen LogP contribution is 2.30. The molecule has 4 aromatic carbocycles. The van der Waals surface area contributed by atoms with Gasteiger partial charge in [0.05, 0.1) is 29.5 Å². The molecule has 270 valence electrons. The summed E-state index contributed by atoms with van der Waals surface area (Å²) in [6.07, 6.45) is 2.78. The largest absolute Gasteiger partial charge is 0.573 e. The van der Waals surface area contributed by atoms with E-state index in [2.05, 4.69) is 14.7 Å². The van der Waals surface area contributed by atoms with E-state index >= 15 is 0 Å². The van der Waals surface area contributed by atoms with Gasteiger partial charge in [-0.05, 0) is 94.0 Å². The summed E-state index contributed by atoms with van der Waals surface area (Å²) in [7, 11) is 0. The van der Waals surface area contributed by atoms with Crippen molar-refractivity contribution in [1.82, 2.24) is 18.8 Å². The van der Waals surface area contributed by atoms with Gasteiger partial charge in [0.25, 0.3) is 5.69 Å². The van der Waals surface area contributed by atoms with Crippen molar-refractivity contribution in [1.29, 1.82) is 0 Å². The molecule has 0 aliphatic rings. The molecule has 0 fully saturated rings. The zero-order chi connectivity index (χ0) is 37.8. The van der Waals surface area contributed by atoms with Crippen LogP contribution in [0.5, 0.6) is 5.75 Å². The molecule has 0 spiro atoms. The van der Waals surface area contributed by atoms with Crippen LogP contribution < -0.4 is 4.74 Å². The van der Waals surface area contributed by atoms with Crippen LogP contribution in [0.25, 0.3) is 56.1 Å². The second-order valence-corrected chi connectivity index (χ2v) is 12.2. The third-order valence-corrected chi connectivity index (χ3v) is 8.53. The fourth-order valence-electron chi connectivity index (χ4n) is 5.91. The summed E-state index contributed by atoms with van der Waals surface area (Å²) in [5.41, 5.74) is 9.73. The van der Waals surface area contributed by atoms with Crippen molar-refractivity contribution in [2.75, 3.05) is 0 Å². The number of non-ortho nitro benzene ring substituents is 1. The lowest BCUT2D eigenvalue weighted by Crippen LogP contribution is -2.17. The van der Waals surface area contributed by atoms with Crippen LogP contribution >= 0.6 is 0 Å². The van der Waals surface area contributed by atoms with Gasteiger partial charge in [0.15, 0.2) is 0 Å². The number of pyridine rings is 2. The quantitative estimate of drug-likeness (QED) is 0.118. The van der Waals surface area contributed by atoms with Gasteiger partial charge in [-0.25, -0.2) is 9.97 Å². The predicted molar refractivity (Wildman–Crippen MR) is 197 cm³/mol. The summed E-state index contributed by atoms with van der Waals surface area (Å²) in [6, 6.07) is 35.0. The van der Waals surface area contributed by atoms with Crippen molar-refractivity contribution in [3.8, 4) is 50.5 Å². The Hall–Kier alpha value is -6.83. The average Bonchev–Trinajstić information content (AvgIpc) is 3.82. The van der Waals surface area contributed by atoms with Crippen LogP contribution in [0.2, 0.25) is 0 Å². The number of imidazole rings is 2. The molecule has 10 nitrogen and oxygen atoms in total. The summed E-state index contributed by atoms with van der Waals surface area (Å²) < 4.78 is 45.1. The van der Waals surface area contributed by atoms with Gasteiger partial charge >= 0.3 is 6.36 Å². The van der Waals surface area contributed by atoms with Crippen LogP contribution in [0.1, 0.15) is 11.1 Å². The Morgan fingerprint density at radius 1 is 0.593 bits per heavy atom. The van der Waals surface area contributed by atoms with Gasteiger partial charge in [0.1, 0.15) is 17.0 Å². The molecule has 54 heavy (non-hydrogen) atoms. The molecule has 0 saturated heterocycles. The number of aromatic nitrogens is 4. The maximum Gasteiger partial charge on any atom is 0.573 e. The molecular weight excluding hydrogens is 699 g/mol. The number of nitro groups is 1. The van der Waals surface area contributed by atoms with E-state index in [4.69, 9.17) is 0 Å². The summed E-state index contributed by atoms with van der Waals surface area (Å²) in [4.78, 5) is 19.4. The zero-order valence-corrected chi connectivity index (χ0v) is 28.3. The predicted octanol–water partition coefficient (Wildman–Crippen LogP) is 9.13. The fourth-order valence-corrected chi connectivity index (χ4v) is 5.91. The van der Waals surface area contributed by atoms with Crippen molar-refractivity contribution in [3.05, 3.63) is 167 Å². The number of rotatable bonds is 8. The number of halogens is 3. The molecular formula is C41H30F3N5O5. The van der Waals surface area contributed by atoms with E-state index in [1.807, 2.05) is 100 Å². The molecule has 13 heteroatoms. The number of aliphatic hydroxyl groups is 2. The summed E-state index contributed by atoms with van der Waals surface area (Å²) in [6.45, 7) is -0.0346. The molecule has 4 heterocycles. The molecule has 0 aliphatic carbocycles.